The fourth-order valence-corrected chi connectivity index (χ4v) is 6.13. The van der Waals surface area contributed by atoms with Crippen molar-refractivity contribution >= 4 is 50.4 Å². The van der Waals surface area contributed by atoms with Crippen LogP contribution in [0.25, 0.3) is 10.1 Å². The van der Waals surface area contributed by atoms with Crippen LogP contribution in [0.15, 0.2) is 36.5 Å². The number of aromatic nitrogens is 1. The molecule has 1 amide bonds. The van der Waals surface area contributed by atoms with E-state index in [1.807, 2.05) is 18.3 Å². The summed E-state index contributed by atoms with van der Waals surface area (Å²) in [5.74, 6) is 1.37. The second-order valence-electron chi connectivity index (χ2n) is 8.93. The average molecular weight is 469 g/mol. The van der Waals surface area contributed by atoms with Gasteiger partial charge in [0, 0.05) is 71.1 Å². The third-order valence-electron chi connectivity index (χ3n) is 6.72. The Bertz CT molecular complexity index is 1140. The summed E-state index contributed by atoms with van der Waals surface area (Å²) in [4.78, 5) is 26.1. The van der Waals surface area contributed by atoms with Gasteiger partial charge < -0.3 is 14.7 Å². The molecular formula is C25H29ClN4OS. The molecule has 4 heterocycles. The van der Waals surface area contributed by atoms with Crippen LogP contribution in [0, 0.1) is 19.8 Å². The van der Waals surface area contributed by atoms with Gasteiger partial charge in [-0.2, -0.15) is 0 Å². The largest absolute Gasteiger partial charge is 0.368 e. The summed E-state index contributed by atoms with van der Waals surface area (Å²) in [6, 6.07) is 10.3. The molecule has 0 spiro atoms. The lowest BCUT2D eigenvalue weighted by atomic mass is 9.96. The van der Waals surface area contributed by atoms with Crippen molar-refractivity contribution in [1.29, 1.82) is 0 Å². The molecule has 3 aromatic rings. The number of nitrogens with zero attached hydrogens (tertiary/aromatic N) is 4. The van der Waals surface area contributed by atoms with Crippen LogP contribution in [0.5, 0.6) is 0 Å². The molecule has 2 saturated heterocycles. The van der Waals surface area contributed by atoms with Gasteiger partial charge in [-0.25, -0.2) is 4.98 Å². The molecule has 1 unspecified atom stereocenters. The molecule has 2 aliphatic heterocycles. The number of piperidine rings is 1. The predicted molar refractivity (Wildman–Crippen MR) is 134 cm³/mol. The summed E-state index contributed by atoms with van der Waals surface area (Å²) in [5.41, 5.74) is 2.40. The maximum atomic E-state index is 13.4. The van der Waals surface area contributed by atoms with Crippen molar-refractivity contribution in [2.45, 2.75) is 26.7 Å². The Balaban J connectivity index is 1.25. The summed E-state index contributed by atoms with van der Waals surface area (Å²) in [7, 11) is 0. The lowest BCUT2D eigenvalue weighted by Crippen LogP contribution is -2.52. The third-order valence-corrected chi connectivity index (χ3v) is 7.97. The Labute approximate surface area is 198 Å². The van der Waals surface area contributed by atoms with E-state index in [1.165, 1.54) is 26.2 Å². The van der Waals surface area contributed by atoms with E-state index in [1.54, 1.807) is 11.3 Å². The summed E-state index contributed by atoms with van der Waals surface area (Å²) in [6.07, 6.45) is 3.89. The van der Waals surface area contributed by atoms with Crippen LogP contribution in [-0.4, -0.2) is 55.1 Å². The highest BCUT2D eigenvalue weighted by Crippen LogP contribution is 2.34. The molecule has 5 nitrogen and oxygen atoms in total. The van der Waals surface area contributed by atoms with Crippen molar-refractivity contribution in [2.75, 3.05) is 49.1 Å². The third kappa shape index (κ3) is 4.18. The zero-order valence-corrected chi connectivity index (χ0v) is 20.3. The number of benzene rings is 1. The van der Waals surface area contributed by atoms with Gasteiger partial charge in [0.15, 0.2) is 0 Å². The molecule has 1 atom stereocenters. The molecule has 168 valence electrons. The number of piperazine rings is 1. The van der Waals surface area contributed by atoms with Crippen LogP contribution in [0.4, 0.5) is 11.5 Å². The maximum Gasteiger partial charge on any atom is 0.227 e. The first-order valence-electron chi connectivity index (χ1n) is 11.4. The van der Waals surface area contributed by atoms with E-state index in [-0.39, 0.29) is 5.92 Å². The Morgan fingerprint density at radius 1 is 1.06 bits per heavy atom. The van der Waals surface area contributed by atoms with Crippen LogP contribution in [0.2, 0.25) is 5.02 Å². The van der Waals surface area contributed by atoms with E-state index in [4.69, 9.17) is 16.6 Å². The van der Waals surface area contributed by atoms with Crippen molar-refractivity contribution in [3.05, 3.63) is 52.0 Å². The second kappa shape index (κ2) is 8.91. The number of rotatable bonds is 3. The lowest BCUT2D eigenvalue weighted by molar-refractivity contribution is -0.136. The highest BCUT2D eigenvalue weighted by atomic mass is 35.5. The van der Waals surface area contributed by atoms with E-state index in [9.17, 15) is 4.79 Å². The minimum atomic E-state index is 0.0417. The van der Waals surface area contributed by atoms with E-state index < -0.39 is 0 Å². The van der Waals surface area contributed by atoms with Crippen LogP contribution in [0.1, 0.15) is 23.3 Å². The summed E-state index contributed by atoms with van der Waals surface area (Å²) in [6.45, 7) is 9.19. The molecule has 7 heteroatoms. The number of amides is 1. The molecule has 0 N–H and O–H groups in total. The van der Waals surface area contributed by atoms with Gasteiger partial charge in [0.1, 0.15) is 5.82 Å². The highest BCUT2D eigenvalue weighted by molar-refractivity contribution is 7.19. The number of carbonyl (C=O) groups is 1. The Morgan fingerprint density at radius 3 is 2.69 bits per heavy atom. The van der Waals surface area contributed by atoms with E-state index in [0.717, 1.165) is 63.0 Å². The Morgan fingerprint density at radius 2 is 1.88 bits per heavy atom. The van der Waals surface area contributed by atoms with Crippen LogP contribution < -0.4 is 9.80 Å². The van der Waals surface area contributed by atoms with Gasteiger partial charge in [-0.05, 0) is 56.5 Å². The number of hydrogen-bond acceptors (Lipinski definition) is 5. The monoisotopic (exact) mass is 468 g/mol. The molecule has 5 rings (SSSR count). The van der Waals surface area contributed by atoms with Crippen molar-refractivity contribution in [3.63, 3.8) is 0 Å². The topological polar surface area (TPSA) is 39.7 Å². The smallest absolute Gasteiger partial charge is 0.227 e. The van der Waals surface area contributed by atoms with Gasteiger partial charge in [0.05, 0.1) is 5.92 Å². The van der Waals surface area contributed by atoms with Crippen LogP contribution in [0.3, 0.4) is 0 Å². The van der Waals surface area contributed by atoms with Crippen LogP contribution in [-0.2, 0) is 4.79 Å². The number of fused-ring (bicyclic) bond motifs is 1. The summed E-state index contributed by atoms with van der Waals surface area (Å²) in [5, 5.41) is 1.98. The molecule has 0 radical (unpaired) electrons. The molecule has 32 heavy (non-hydrogen) atoms. The minimum Gasteiger partial charge on any atom is -0.368 e. The quantitative estimate of drug-likeness (QED) is 0.534. The number of pyridine rings is 1. The van der Waals surface area contributed by atoms with Crippen molar-refractivity contribution < 1.29 is 4.79 Å². The molecule has 0 saturated carbocycles. The van der Waals surface area contributed by atoms with Gasteiger partial charge in [-0.3, -0.25) is 4.79 Å². The second-order valence-corrected chi connectivity index (χ2v) is 10.7. The number of aryl methyl sites for hydroxylation is 2. The fourth-order valence-electron chi connectivity index (χ4n) is 5.05. The molecule has 0 bridgehead atoms. The maximum absolute atomic E-state index is 13.4. The first-order valence-corrected chi connectivity index (χ1v) is 12.6. The number of carbonyl (C=O) groups excluding carboxylic acids is 1. The van der Waals surface area contributed by atoms with Gasteiger partial charge in [0.2, 0.25) is 5.91 Å². The average Bonchev–Trinajstić information content (AvgIpc) is 3.20. The Hall–Kier alpha value is -2.31. The van der Waals surface area contributed by atoms with Gasteiger partial charge in [0.25, 0.3) is 0 Å². The molecule has 2 fully saturated rings. The van der Waals surface area contributed by atoms with Crippen LogP contribution >= 0.6 is 22.9 Å². The molecule has 1 aromatic carbocycles. The van der Waals surface area contributed by atoms with Crippen molar-refractivity contribution in [2.24, 2.45) is 5.92 Å². The fraction of sp³-hybridized carbons (Fsp3) is 0.440. The number of anilines is 2. The molecular weight excluding hydrogens is 440 g/mol. The molecule has 2 aliphatic rings. The summed E-state index contributed by atoms with van der Waals surface area (Å²) < 4.78 is 1.27. The Kier molecular flexibility index (Phi) is 5.99. The van der Waals surface area contributed by atoms with Crippen molar-refractivity contribution in [3.8, 4) is 0 Å². The number of hydrogen-bond donors (Lipinski definition) is 0. The van der Waals surface area contributed by atoms with Crippen molar-refractivity contribution in [1.82, 2.24) is 9.88 Å². The minimum absolute atomic E-state index is 0.0417. The zero-order chi connectivity index (χ0) is 22.2. The van der Waals surface area contributed by atoms with E-state index in [2.05, 4.69) is 46.7 Å². The summed E-state index contributed by atoms with van der Waals surface area (Å²) >= 11 is 8.02. The number of thiophene rings is 1. The first-order chi connectivity index (χ1) is 15.5. The van der Waals surface area contributed by atoms with Gasteiger partial charge in [-0.15, -0.1) is 11.3 Å². The first kappa shape index (κ1) is 21.5. The van der Waals surface area contributed by atoms with Gasteiger partial charge >= 0.3 is 0 Å². The van der Waals surface area contributed by atoms with E-state index >= 15 is 0 Å². The lowest BCUT2D eigenvalue weighted by Gasteiger charge is -2.40. The molecule has 2 aromatic heterocycles. The molecule has 0 aliphatic carbocycles. The highest BCUT2D eigenvalue weighted by Gasteiger charge is 2.32. The standard InChI is InChI=1S/C25H29ClN4OS/c1-17-5-6-20(26)15-22(17)28-10-12-29(13-11-28)25(31)19-4-3-9-30(16-19)24-21-14-18(2)32-23(21)7-8-27-24/h5-8,14-15,19H,3-4,9-13,16H2,1-2H3. The predicted octanol–water partition coefficient (Wildman–Crippen LogP) is 5.13. The SMILES string of the molecule is Cc1cc2c(N3CCCC(C(=O)N4CCN(c5cc(Cl)ccc5C)CC4)C3)nccc2s1. The van der Waals surface area contributed by atoms with Gasteiger partial charge in [-0.1, -0.05) is 17.7 Å². The zero-order valence-electron chi connectivity index (χ0n) is 18.7. The number of halogens is 1. The van der Waals surface area contributed by atoms with E-state index in [0.29, 0.717) is 5.91 Å². The normalized spacial score (nSPS) is 19.6.